The largest absolute Gasteiger partial charge is 0.758 e. The van der Waals surface area contributed by atoms with Gasteiger partial charge in [0.15, 0.2) is 23.9 Å². The average molecular weight is 385 g/mol. The van der Waals surface area contributed by atoms with Gasteiger partial charge >= 0.3 is 0 Å². The summed E-state index contributed by atoms with van der Waals surface area (Å²) in [4.78, 5) is 17.6. The van der Waals surface area contributed by atoms with Crippen molar-refractivity contribution in [1.29, 1.82) is 0 Å². The maximum Gasteiger partial charge on any atom is 0.237 e. The Kier molecular flexibility index (Phi) is 6.40. The van der Waals surface area contributed by atoms with Crippen molar-refractivity contribution in [2.75, 3.05) is 19.8 Å². The molecular formula is C21H24N2O3S. The molecule has 6 heteroatoms. The molecule has 27 heavy (non-hydrogen) atoms. The van der Waals surface area contributed by atoms with Crippen molar-refractivity contribution in [2.45, 2.75) is 32.7 Å². The van der Waals surface area contributed by atoms with Gasteiger partial charge < -0.3 is 27.1 Å². The van der Waals surface area contributed by atoms with Gasteiger partial charge in [0, 0.05) is 24.2 Å². The monoisotopic (exact) mass is 384 g/mol. The molecule has 2 aromatic rings. The lowest BCUT2D eigenvalue weighted by atomic mass is 10.0. The van der Waals surface area contributed by atoms with Gasteiger partial charge in [-0.05, 0) is 42.2 Å². The number of nitrogens with zero attached hydrogens (tertiary/aromatic N) is 2. The molecule has 1 aromatic carbocycles. The van der Waals surface area contributed by atoms with Crippen LogP contribution in [0.5, 0.6) is 11.5 Å². The standard InChI is InChI=1S/C21H24N2O3S/c1-3-5-15-8-10-23(11-9-15)19(21(27)22-4-2)20(24)16-6-7-17-18(14-16)26-13-12-25-17/h6-11,14,19H,3-5,12-13H2,1-2H3/t19-/m0/s1. The van der Waals surface area contributed by atoms with Crippen molar-refractivity contribution < 1.29 is 18.8 Å². The number of hydrogen-bond acceptors (Lipinski definition) is 5. The lowest BCUT2D eigenvalue weighted by Gasteiger charge is -2.21. The highest BCUT2D eigenvalue weighted by Crippen LogP contribution is 2.31. The first-order valence-electron chi connectivity index (χ1n) is 9.29. The zero-order valence-electron chi connectivity index (χ0n) is 15.7. The number of carbonyl (C=O) groups excluding carboxylic acids is 1. The van der Waals surface area contributed by atoms with Crippen LogP contribution in [0.15, 0.2) is 47.7 Å². The van der Waals surface area contributed by atoms with Crippen LogP contribution in [-0.2, 0) is 19.0 Å². The minimum atomic E-state index is -0.654. The highest BCUT2D eigenvalue weighted by Gasteiger charge is 2.29. The van der Waals surface area contributed by atoms with Crippen molar-refractivity contribution >= 4 is 23.5 Å². The fourth-order valence-electron chi connectivity index (χ4n) is 3.07. The fourth-order valence-corrected chi connectivity index (χ4v) is 3.43. The van der Waals surface area contributed by atoms with Gasteiger partial charge in [-0.3, -0.25) is 4.79 Å². The van der Waals surface area contributed by atoms with Gasteiger partial charge in [0.05, 0.1) is 0 Å². The molecule has 2 heterocycles. The molecule has 0 amide bonds. The summed E-state index contributed by atoms with van der Waals surface area (Å²) in [6, 6.07) is 8.66. The van der Waals surface area contributed by atoms with Crippen LogP contribution in [0.4, 0.5) is 0 Å². The molecule has 0 aliphatic carbocycles. The summed E-state index contributed by atoms with van der Waals surface area (Å²) in [5.41, 5.74) is 1.76. The molecule has 0 bridgehead atoms. The molecular weight excluding hydrogens is 360 g/mol. The van der Waals surface area contributed by atoms with Gasteiger partial charge in [-0.15, -0.1) is 0 Å². The lowest BCUT2D eigenvalue weighted by Crippen LogP contribution is -2.47. The maximum atomic E-state index is 13.3. The second-order valence-electron chi connectivity index (χ2n) is 6.34. The van der Waals surface area contributed by atoms with Crippen molar-refractivity contribution in [2.24, 2.45) is 4.99 Å². The number of hydrogen-bond donors (Lipinski definition) is 0. The van der Waals surface area contributed by atoms with Gasteiger partial charge in [-0.2, -0.15) is 4.57 Å². The summed E-state index contributed by atoms with van der Waals surface area (Å²) < 4.78 is 13.0. The highest BCUT2D eigenvalue weighted by molar-refractivity contribution is 7.77. The number of rotatable bonds is 7. The number of aliphatic imine (C=N–C) groups is 1. The van der Waals surface area contributed by atoms with Crippen LogP contribution in [0.2, 0.25) is 0 Å². The van der Waals surface area contributed by atoms with E-state index in [4.69, 9.17) is 22.1 Å². The third-order valence-electron chi connectivity index (χ3n) is 4.38. The Morgan fingerprint density at radius 3 is 2.52 bits per heavy atom. The van der Waals surface area contributed by atoms with Crippen molar-refractivity contribution in [3.8, 4) is 11.5 Å². The summed E-state index contributed by atoms with van der Waals surface area (Å²) in [6.45, 7) is 5.59. The zero-order chi connectivity index (χ0) is 19.2. The number of aromatic nitrogens is 1. The van der Waals surface area contributed by atoms with Crippen LogP contribution in [0.1, 0.15) is 42.2 Å². The number of benzene rings is 1. The molecule has 0 spiro atoms. The van der Waals surface area contributed by atoms with E-state index in [9.17, 15) is 4.79 Å². The third-order valence-corrected chi connectivity index (χ3v) is 4.73. The molecule has 0 N–H and O–H groups in total. The quantitative estimate of drug-likeness (QED) is 0.242. The first kappa shape index (κ1) is 19.3. The fraction of sp³-hybridized carbons (Fsp3) is 0.381. The molecule has 0 fully saturated rings. The normalized spacial score (nSPS) is 14.7. The predicted molar refractivity (Wildman–Crippen MR) is 107 cm³/mol. The van der Waals surface area contributed by atoms with E-state index in [-0.39, 0.29) is 5.78 Å². The van der Waals surface area contributed by atoms with E-state index in [0.29, 0.717) is 41.9 Å². The molecule has 1 aliphatic rings. The van der Waals surface area contributed by atoms with Gasteiger partial charge in [0.1, 0.15) is 13.2 Å². The van der Waals surface area contributed by atoms with Gasteiger partial charge in [-0.25, -0.2) is 0 Å². The second-order valence-corrected chi connectivity index (χ2v) is 6.76. The number of pyridine rings is 1. The van der Waals surface area contributed by atoms with Crippen LogP contribution < -0.4 is 14.0 Å². The number of ketones is 1. The van der Waals surface area contributed by atoms with Crippen LogP contribution in [0.25, 0.3) is 0 Å². The Morgan fingerprint density at radius 2 is 1.85 bits per heavy atom. The van der Waals surface area contributed by atoms with Crippen molar-refractivity contribution in [3.63, 3.8) is 0 Å². The first-order chi connectivity index (χ1) is 13.1. The van der Waals surface area contributed by atoms with Crippen LogP contribution in [0, 0.1) is 0 Å². The van der Waals surface area contributed by atoms with Gasteiger partial charge in [0.25, 0.3) is 0 Å². The zero-order valence-corrected chi connectivity index (χ0v) is 16.5. The summed E-state index contributed by atoms with van der Waals surface area (Å²) >= 11 is 5.47. The number of fused-ring (bicyclic) bond motifs is 1. The van der Waals surface area contributed by atoms with E-state index in [1.807, 2.05) is 36.0 Å². The summed E-state index contributed by atoms with van der Waals surface area (Å²) in [6.07, 6.45) is 5.89. The average Bonchev–Trinajstić information content (AvgIpc) is 2.69. The molecule has 0 saturated heterocycles. The number of Topliss-reactive ketones (excluding diaryl/α,β-unsaturated/α-hetero) is 1. The maximum absolute atomic E-state index is 13.3. The Hall–Kier alpha value is -2.47. The van der Waals surface area contributed by atoms with E-state index >= 15 is 0 Å². The van der Waals surface area contributed by atoms with E-state index < -0.39 is 6.04 Å². The van der Waals surface area contributed by atoms with Crippen molar-refractivity contribution in [1.82, 2.24) is 0 Å². The molecule has 0 radical (unpaired) electrons. The molecule has 1 aromatic heterocycles. The first-order valence-corrected chi connectivity index (χ1v) is 9.69. The van der Waals surface area contributed by atoms with Crippen molar-refractivity contribution in [3.05, 3.63) is 53.9 Å². The van der Waals surface area contributed by atoms with E-state index in [2.05, 4.69) is 11.9 Å². The topological polar surface area (TPSA) is 51.8 Å². The van der Waals surface area contributed by atoms with E-state index in [1.54, 1.807) is 18.2 Å². The van der Waals surface area contributed by atoms with E-state index in [0.717, 1.165) is 12.8 Å². The molecule has 142 valence electrons. The molecule has 0 unspecified atom stereocenters. The summed E-state index contributed by atoms with van der Waals surface area (Å²) in [7, 11) is 0. The molecule has 1 atom stereocenters. The van der Waals surface area contributed by atoms with Gasteiger partial charge in [0.2, 0.25) is 11.8 Å². The second kappa shape index (κ2) is 8.95. The van der Waals surface area contributed by atoms with Crippen LogP contribution in [-0.4, -0.2) is 30.6 Å². The summed E-state index contributed by atoms with van der Waals surface area (Å²) in [5, 5.41) is 0.380. The molecule has 0 saturated carbocycles. The highest BCUT2D eigenvalue weighted by atomic mass is 32.1. The summed E-state index contributed by atoms with van der Waals surface area (Å²) in [5.74, 6) is 1.14. The van der Waals surface area contributed by atoms with Gasteiger partial charge in [-0.1, -0.05) is 13.3 Å². The molecule has 5 nitrogen and oxygen atoms in total. The van der Waals surface area contributed by atoms with Crippen LogP contribution >= 0.6 is 0 Å². The Bertz CT molecular complexity index is 834. The SMILES string of the molecule is CCCc1cc[n+]([C@@H](C(=O)c2ccc3c(c2)OCCO3)C([S-])=NCC)cc1. The lowest BCUT2D eigenvalue weighted by molar-refractivity contribution is -0.692. The van der Waals surface area contributed by atoms with E-state index in [1.165, 1.54) is 5.56 Å². The Labute approximate surface area is 165 Å². The minimum Gasteiger partial charge on any atom is -0.758 e. The predicted octanol–water partition coefficient (Wildman–Crippen LogP) is 3.09. The molecule has 3 rings (SSSR count). The molecule has 1 aliphatic heterocycles. The minimum absolute atomic E-state index is 0.109. The number of ether oxygens (including phenoxy) is 2. The number of carbonyl (C=O) groups is 1. The Morgan fingerprint density at radius 1 is 1.15 bits per heavy atom. The third kappa shape index (κ3) is 4.45. The smallest absolute Gasteiger partial charge is 0.237 e. The number of aryl methyl sites for hydroxylation is 1. The van der Waals surface area contributed by atoms with Crippen LogP contribution in [0.3, 0.4) is 0 Å². The Balaban J connectivity index is 1.95.